The third-order valence-electron chi connectivity index (χ3n) is 2.97. The number of benzene rings is 1. The van der Waals surface area contributed by atoms with Crippen molar-refractivity contribution in [3.05, 3.63) is 27.8 Å². The van der Waals surface area contributed by atoms with Crippen LogP contribution in [0.3, 0.4) is 0 Å². The molecule has 1 N–H and O–H groups in total. The number of hydrogen-bond acceptors (Lipinski definition) is 3. The normalized spacial score (nSPS) is 14.4. The Balaban J connectivity index is 2.63. The van der Waals surface area contributed by atoms with Crippen molar-refractivity contribution in [2.24, 2.45) is 0 Å². The molecule has 0 heterocycles. The molecule has 3 nitrogen and oxygen atoms in total. The average Bonchev–Trinajstić information content (AvgIpc) is 2.30. The van der Waals surface area contributed by atoms with E-state index in [1.165, 1.54) is 7.11 Å². The summed E-state index contributed by atoms with van der Waals surface area (Å²) in [5, 5.41) is 10.0. The lowest BCUT2D eigenvalue weighted by Gasteiger charge is -2.20. The van der Waals surface area contributed by atoms with Gasteiger partial charge in [0.1, 0.15) is 11.3 Å². The van der Waals surface area contributed by atoms with Gasteiger partial charge in [0.2, 0.25) is 0 Å². The molecule has 1 aromatic rings. The second-order valence-electron chi connectivity index (χ2n) is 3.92. The predicted octanol–water partition coefficient (Wildman–Crippen LogP) is 2.71. The van der Waals surface area contributed by atoms with Crippen LogP contribution in [0.4, 0.5) is 0 Å². The zero-order chi connectivity index (χ0) is 11.7. The number of carbonyl (C=O) groups excluding carboxylic acids is 1. The Morgan fingerprint density at radius 3 is 2.81 bits per heavy atom. The second-order valence-corrected chi connectivity index (χ2v) is 4.33. The molecule has 86 valence electrons. The monoisotopic (exact) mass is 240 g/mol. The lowest BCUT2D eigenvalue weighted by molar-refractivity contribution is 0.0595. The van der Waals surface area contributed by atoms with E-state index in [1.807, 2.05) is 0 Å². The van der Waals surface area contributed by atoms with Crippen molar-refractivity contribution >= 4 is 17.6 Å². The minimum Gasteiger partial charge on any atom is -0.505 e. The number of ether oxygens (including phenoxy) is 1. The first kappa shape index (κ1) is 11.3. The Hall–Kier alpha value is -1.22. The molecule has 0 fully saturated rings. The summed E-state index contributed by atoms with van der Waals surface area (Å²) >= 11 is 5.89. The maximum atomic E-state index is 11.6. The van der Waals surface area contributed by atoms with Gasteiger partial charge < -0.3 is 9.84 Å². The van der Waals surface area contributed by atoms with Crippen LogP contribution in [0.1, 0.15) is 34.3 Å². The quantitative estimate of drug-likeness (QED) is 0.768. The molecule has 0 spiro atoms. The smallest absolute Gasteiger partial charge is 0.341 e. The first-order valence-corrected chi connectivity index (χ1v) is 5.64. The summed E-state index contributed by atoms with van der Waals surface area (Å²) in [6, 6.07) is 1.75. The first-order valence-electron chi connectivity index (χ1n) is 5.26. The number of carbonyl (C=O) groups is 1. The average molecular weight is 241 g/mol. The maximum Gasteiger partial charge on any atom is 0.341 e. The number of hydrogen-bond donors (Lipinski definition) is 1. The van der Waals surface area contributed by atoms with Gasteiger partial charge in [-0.15, -0.1) is 0 Å². The Labute approximate surface area is 99.0 Å². The number of phenolic OH excluding ortho intramolecular Hbond substituents is 1. The molecule has 0 bridgehead atoms. The van der Waals surface area contributed by atoms with Gasteiger partial charge in [0.15, 0.2) is 0 Å². The minimum absolute atomic E-state index is 0.158. The summed E-state index contributed by atoms with van der Waals surface area (Å²) in [5.41, 5.74) is 2.18. The highest BCUT2D eigenvalue weighted by Crippen LogP contribution is 2.36. The van der Waals surface area contributed by atoms with Gasteiger partial charge in [0.25, 0.3) is 0 Å². The number of aromatic hydroxyl groups is 1. The van der Waals surface area contributed by atoms with Crippen molar-refractivity contribution in [1.82, 2.24) is 0 Å². The fourth-order valence-corrected chi connectivity index (χ4v) is 2.41. The predicted molar refractivity (Wildman–Crippen MR) is 61.1 cm³/mol. The highest BCUT2D eigenvalue weighted by Gasteiger charge is 2.24. The molecule has 1 aliphatic carbocycles. The zero-order valence-electron chi connectivity index (χ0n) is 9.05. The third-order valence-corrected chi connectivity index (χ3v) is 3.25. The largest absolute Gasteiger partial charge is 0.505 e. The molecule has 1 aromatic carbocycles. The van der Waals surface area contributed by atoms with Gasteiger partial charge in [-0.3, -0.25) is 0 Å². The van der Waals surface area contributed by atoms with Crippen LogP contribution < -0.4 is 0 Å². The van der Waals surface area contributed by atoms with Gasteiger partial charge in [0.05, 0.1) is 12.1 Å². The number of halogens is 1. The molecule has 0 unspecified atom stereocenters. The minimum atomic E-state index is -0.516. The molecule has 0 aromatic heterocycles. The van der Waals surface area contributed by atoms with Crippen LogP contribution in [-0.4, -0.2) is 18.2 Å². The standard InChI is InChI=1S/C12H13ClO3/c1-16-12(15)10-8-5-3-2-4-7(8)6-9(13)11(10)14/h6,14H,2-5H2,1H3. The van der Waals surface area contributed by atoms with Crippen LogP contribution >= 0.6 is 11.6 Å². The number of phenols is 1. The molecular formula is C12H13ClO3. The fourth-order valence-electron chi connectivity index (χ4n) is 2.18. The number of rotatable bonds is 1. The summed E-state index contributed by atoms with van der Waals surface area (Å²) in [6.45, 7) is 0. The number of aryl methyl sites for hydroxylation is 1. The van der Waals surface area contributed by atoms with Crippen LogP contribution in [0.25, 0.3) is 0 Å². The van der Waals surface area contributed by atoms with Crippen molar-refractivity contribution < 1.29 is 14.6 Å². The maximum absolute atomic E-state index is 11.6. The van der Waals surface area contributed by atoms with E-state index >= 15 is 0 Å². The summed E-state index contributed by atoms with van der Waals surface area (Å²) < 4.78 is 4.68. The molecule has 0 saturated carbocycles. The van der Waals surface area contributed by atoms with Gasteiger partial charge in [-0.25, -0.2) is 4.79 Å². The van der Waals surface area contributed by atoms with E-state index in [1.54, 1.807) is 6.07 Å². The summed E-state index contributed by atoms with van der Waals surface area (Å²) in [5.74, 6) is -0.674. The molecule has 2 rings (SSSR count). The Morgan fingerprint density at radius 2 is 2.12 bits per heavy atom. The fraction of sp³-hybridized carbons (Fsp3) is 0.417. The Bertz CT molecular complexity index is 440. The van der Waals surface area contributed by atoms with E-state index in [2.05, 4.69) is 4.74 Å². The summed E-state index contributed by atoms with van der Waals surface area (Å²) in [4.78, 5) is 11.6. The van der Waals surface area contributed by atoms with Gasteiger partial charge in [-0.05, 0) is 42.9 Å². The molecule has 0 aliphatic heterocycles. The SMILES string of the molecule is COC(=O)c1c(O)c(Cl)cc2c1CCCC2. The number of methoxy groups -OCH3 is 1. The van der Waals surface area contributed by atoms with E-state index in [0.29, 0.717) is 0 Å². The summed E-state index contributed by atoms with van der Waals surface area (Å²) in [7, 11) is 1.30. The van der Waals surface area contributed by atoms with Crippen molar-refractivity contribution in [2.75, 3.05) is 7.11 Å². The van der Waals surface area contributed by atoms with Crippen LogP contribution in [0.15, 0.2) is 6.07 Å². The molecular weight excluding hydrogens is 228 g/mol. The molecule has 0 radical (unpaired) electrons. The molecule has 4 heteroatoms. The van der Waals surface area contributed by atoms with E-state index < -0.39 is 5.97 Å². The molecule has 0 amide bonds. The molecule has 16 heavy (non-hydrogen) atoms. The van der Waals surface area contributed by atoms with Crippen LogP contribution in [0.5, 0.6) is 5.75 Å². The molecule has 1 aliphatic rings. The second kappa shape index (κ2) is 4.34. The summed E-state index contributed by atoms with van der Waals surface area (Å²) in [6.07, 6.45) is 3.82. The Morgan fingerprint density at radius 1 is 1.44 bits per heavy atom. The van der Waals surface area contributed by atoms with Crippen LogP contribution in [0.2, 0.25) is 5.02 Å². The van der Waals surface area contributed by atoms with Gasteiger partial charge in [-0.1, -0.05) is 11.6 Å². The van der Waals surface area contributed by atoms with E-state index in [0.717, 1.165) is 36.8 Å². The molecule has 0 atom stereocenters. The van der Waals surface area contributed by atoms with Crippen molar-refractivity contribution in [2.45, 2.75) is 25.7 Å². The van der Waals surface area contributed by atoms with Crippen LogP contribution in [-0.2, 0) is 17.6 Å². The number of fused-ring (bicyclic) bond motifs is 1. The lowest BCUT2D eigenvalue weighted by Crippen LogP contribution is -2.12. The Kier molecular flexibility index (Phi) is 3.06. The van der Waals surface area contributed by atoms with Crippen LogP contribution in [0, 0.1) is 0 Å². The van der Waals surface area contributed by atoms with Gasteiger partial charge in [-0.2, -0.15) is 0 Å². The van der Waals surface area contributed by atoms with Crippen molar-refractivity contribution in [3.8, 4) is 5.75 Å². The first-order chi connectivity index (χ1) is 7.65. The van der Waals surface area contributed by atoms with Crippen molar-refractivity contribution in [3.63, 3.8) is 0 Å². The lowest BCUT2D eigenvalue weighted by atomic mass is 9.87. The zero-order valence-corrected chi connectivity index (χ0v) is 9.80. The number of esters is 1. The highest BCUT2D eigenvalue weighted by atomic mass is 35.5. The van der Waals surface area contributed by atoms with Crippen molar-refractivity contribution in [1.29, 1.82) is 0 Å². The topological polar surface area (TPSA) is 46.5 Å². The highest BCUT2D eigenvalue weighted by molar-refractivity contribution is 6.32. The van der Waals surface area contributed by atoms with E-state index in [4.69, 9.17) is 11.6 Å². The van der Waals surface area contributed by atoms with E-state index in [9.17, 15) is 9.90 Å². The van der Waals surface area contributed by atoms with E-state index in [-0.39, 0.29) is 16.3 Å². The van der Waals surface area contributed by atoms with Gasteiger partial charge >= 0.3 is 5.97 Å². The molecule has 0 saturated heterocycles. The van der Waals surface area contributed by atoms with Gasteiger partial charge in [0, 0.05) is 0 Å². The third kappa shape index (κ3) is 1.76.